The number of rotatable bonds is 5. The maximum Gasteiger partial charge on any atom is 0.497 e. The number of benzene rings is 1. The zero-order valence-corrected chi connectivity index (χ0v) is 21.0. The Morgan fingerprint density at radius 1 is 0.931 bits per heavy atom. The van der Waals surface area contributed by atoms with E-state index in [1.807, 2.05) is 33.8 Å². The summed E-state index contributed by atoms with van der Waals surface area (Å²) in [4.78, 5) is 0. The average Bonchev–Trinajstić information content (AvgIpc) is 3.07. The van der Waals surface area contributed by atoms with Gasteiger partial charge in [0.25, 0.3) is 0 Å². The van der Waals surface area contributed by atoms with E-state index in [0.717, 1.165) is 24.2 Å². The summed E-state index contributed by atoms with van der Waals surface area (Å²) in [6, 6.07) is 3.97. The quantitative estimate of drug-likeness (QED) is 0.575. The Labute approximate surface area is 178 Å². The number of halogens is 1. The monoisotopic (exact) mass is 419 g/mol. The van der Waals surface area contributed by atoms with Crippen molar-refractivity contribution >= 4 is 26.5 Å². The van der Waals surface area contributed by atoms with Crippen LogP contribution in [0.5, 0.6) is 0 Å². The van der Waals surface area contributed by atoms with Gasteiger partial charge in [0.05, 0.1) is 16.9 Å². The van der Waals surface area contributed by atoms with Gasteiger partial charge in [-0.3, -0.25) is 0 Å². The van der Waals surface area contributed by atoms with Gasteiger partial charge in [-0.15, -0.1) is 0 Å². The Bertz CT molecular complexity index is 741. The first-order valence-corrected chi connectivity index (χ1v) is 13.4. The standard InChI is InChI=1S/C23H39BFNO2Si/c1-15(2)29(16(3)4,17(5)6)26-14-13-18-11-12-19(20(25)21(18)26)24-27-22(7,8)23(9,10)28-24/h11-12,15-17H,13-14H2,1-10H3. The van der Waals surface area contributed by atoms with Crippen LogP contribution < -0.4 is 10.0 Å². The number of hydrogen-bond acceptors (Lipinski definition) is 3. The maximum atomic E-state index is 16.1. The number of fused-ring (bicyclic) bond motifs is 1. The number of nitrogens with zero attached hydrogens (tertiary/aromatic N) is 1. The van der Waals surface area contributed by atoms with Crippen molar-refractivity contribution in [2.45, 2.75) is 103 Å². The molecule has 0 aromatic heterocycles. The molecule has 1 aromatic carbocycles. The Morgan fingerprint density at radius 2 is 1.41 bits per heavy atom. The van der Waals surface area contributed by atoms with Crippen LogP contribution in [-0.2, 0) is 15.7 Å². The Balaban J connectivity index is 2.11. The van der Waals surface area contributed by atoms with Crippen LogP contribution >= 0.6 is 0 Å². The minimum atomic E-state index is -1.98. The van der Waals surface area contributed by atoms with Gasteiger partial charge in [0.15, 0.2) is 8.24 Å². The lowest BCUT2D eigenvalue weighted by molar-refractivity contribution is 0.00578. The van der Waals surface area contributed by atoms with Crippen LogP contribution in [-0.4, -0.2) is 33.1 Å². The summed E-state index contributed by atoms with van der Waals surface area (Å²) in [6.45, 7) is 23.0. The number of anilines is 1. The summed E-state index contributed by atoms with van der Waals surface area (Å²) in [6.07, 6.45) is 0.914. The Kier molecular flexibility index (Phi) is 5.81. The number of hydrogen-bond donors (Lipinski definition) is 0. The smallest absolute Gasteiger partial charge is 0.399 e. The summed E-state index contributed by atoms with van der Waals surface area (Å²) in [5.74, 6) is -0.141. The molecule has 2 aliphatic heterocycles. The van der Waals surface area contributed by atoms with Crippen molar-refractivity contribution < 1.29 is 13.7 Å². The van der Waals surface area contributed by atoms with Gasteiger partial charge in [0, 0.05) is 12.0 Å². The summed E-state index contributed by atoms with van der Waals surface area (Å²) < 4.78 is 31.0. The van der Waals surface area contributed by atoms with Crippen molar-refractivity contribution in [3.05, 3.63) is 23.5 Å². The van der Waals surface area contributed by atoms with Crippen LogP contribution in [0.2, 0.25) is 16.6 Å². The molecule has 0 unspecified atom stereocenters. The van der Waals surface area contributed by atoms with E-state index in [2.05, 4.69) is 52.2 Å². The summed E-state index contributed by atoms with van der Waals surface area (Å²) in [5.41, 5.74) is 3.13. The molecule has 0 saturated carbocycles. The fourth-order valence-corrected chi connectivity index (χ4v) is 12.9. The third-order valence-electron chi connectivity index (χ3n) is 7.85. The third kappa shape index (κ3) is 3.30. The van der Waals surface area contributed by atoms with Crippen molar-refractivity contribution in [2.24, 2.45) is 0 Å². The molecule has 3 rings (SSSR count). The summed E-state index contributed by atoms with van der Waals surface area (Å²) in [5, 5.41) is 0. The molecule has 2 heterocycles. The molecular weight excluding hydrogens is 380 g/mol. The molecule has 0 bridgehead atoms. The molecule has 0 N–H and O–H groups in total. The largest absolute Gasteiger partial charge is 0.497 e. The van der Waals surface area contributed by atoms with Crippen LogP contribution in [0.4, 0.5) is 10.1 Å². The molecule has 1 fully saturated rings. The second-order valence-electron chi connectivity index (χ2n) is 10.8. The lowest BCUT2D eigenvalue weighted by Gasteiger charge is -2.51. The fraction of sp³-hybridized carbons (Fsp3) is 0.739. The van der Waals surface area contributed by atoms with Gasteiger partial charge in [-0.2, -0.15) is 0 Å². The first-order valence-electron chi connectivity index (χ1n) is 11.2. The van der Waals surface area contributed by atoms with Crippen LogP contribution in [0.1, 0.15) is 74.8 Å². The molecule has 0 amide bonds. The van der Waals surface area contributed by atoms with Gasteiger partial charge in [-0.1, -0.05) is 53.7 Å². The van der Waals surface area contributed by atoms with Crippen molar-refractivity contribution in [3.63, 3.8) is 0 Å². The van der Waals surface area contributed by atoms with E-state index in [-0.39, 0.29) is 5.82 Å². The van der Waals surface area contributed by atoms with Crippen LogP contribution in [0.15, 0.2) is 12.1 Å². The fourth-order valence-electron chi connectivity index (χ4n) is 5.93. The molecule has 3 nitrogen and oxygen atoms in total. The molecule has 6 heteroatoms. The first-order chi connectivity index (χ1) is 13.3. The second-order valence-corrected chi connectivity index (χ2v) is 16.6. The predicted molar refractivity (Wildman–Crippen MR) is 124 cm³/mol. The lowest BCUT2D eigenvalue weighted by Crippen LogP contribution is -2.60. The van der Waals surface area contributed by atoms with Crippen molar-refractivity contribution in [3.8, 4) is 0 Å². The second kappa shape index (κ2) is 7.38. The molecule has 1 saturated heterocycles. The molecule has 1 aromatic rings. The molecule has 0 aliphatic carbocycles. The van der Waals surface area contributed by atoms with E-state index in [0.29, 0.717) is 22.1 Å². The predicted octanol–water partition coefficient (Wildman–Crippen LogP) is 5.66. The van der Waals surface area contributed by atoms with Gasteiger partial charge in [0.1, 0.15) is 5.82 Å². The Hall–Kier alpha value is -0.848. The van der Waals surface area contributed by atoms with E-state index in [4.69, 9.17) is 9.31 Å². The lowest BCUT2D eigenvalue weighted by atomic mass is 9.78. The van der Waals surface area contributed by atoms with E-state index >= 15 is 4.39 Å². The van der Waals surface area contributed by atoms with E-state index in [1.165, 1.54) is 0 Å². The summed E-state index contributed by atoms with van der Waals surface area (Å²) >= 11 is 0. The maximum absolute atomic E-state index is 16.1. The Morgan fingerprint density at radius 3 is 1.86 bits per heavy atom. The van der Waals surface area contributed by atoms with Gasteiger partial charge >= 0.3 is 7.12 Å². The van der Waals surface area contributed by atoms with Crippen LogP contribution in [0.3, 0.4) is 0 Å². The highest BCUT2D eigenvalue weighted by Gasteiger charge is 2.54. The van der Waals surface area contributed by atoms with E-state index in [1.54, 1.807) is 0 Å². The van der Waals surface area contributed by atoms with Gasteiger partial charge in [-0.05, 0) is 56.3 Å². The molecule has 162 valence electrons. The zero-order chi connectivity index (χ0) is 21.9. The topological polar surface area (TPSA) is 21.7 Å². The van der Waals surface area contributed by atoms with Gasteiger partial charge < -0.3 is 13.9 Å². The van der Waals surface area contributed by atoms with E-state index in [9.17, 15) is 0 Å². The first kappa shape index (κ1) is 22.8. The molecule has 2 aliphatic rings. The highest BCUT2D eigenvalue weighted by atomic mass is 28.3. The molecule has 29 heavy (non-hydrogen) atoms. The van der Waals surface area contributed by atoms with Crippen LogP contribution in [0, 0.1) is 5.82 Å². The van der Waals surface area contributed by atoms with Crippen molar-refractivity contribution in [1.82, 2.24) is 0 Å². The normalized spacial score (nSPS) is 21.0. The molecule has 0 spiro atoms. The highest BCUT2D eigenvalue weighted by molar-refractivity contribution is 6.87. The third-order valence-corrected chi connectivity index (χ3v) is 14.8. The summed E-state index contributed by atoms with van der Waals surface area (Å²) in [7, 11) is -2.65. The van der Waals surface area contributed by atoms with Crippen LogP contribution in [0.25, 0.3) is 0 Å². The molecule has 0 radical (unpaired) electrons. The minimum Gasteiger partial charge on any atom is -0.399 e. The van der Waals surface area contributed by atoms with Crippen molar-refractivity contribution in [2.75, 3.05) is 11.1 Å². The van der Waals surface area contributed by atoms with Crippen molar-refractivity contribution in [1.29, 1.82) is 0 Å². The van der Waals surface area contributed by atoms with Gasteiger partial charge in [-0.25, -0.2) is 4.39 Å². The minimum absolute atomic E-state index is 0.141. The van der Waals surface area contributed by atoms with E-state index < -0.39 is 26.6 Å². The van der Waals surface area contributed by atoms with Gasteiger partial charge in [0.2, 0.25) is 0 Å². The zero-order valence-electron chi connectivity index (χ0n) is 20.0. The highest BCUT2D eigenvalue weighted by Crippen LogP contribution is 2.49. The SMILES string of the molecule is CC(C)[Si](C(C)C)(C(C)C)N1CCc2ccc(B3OC(C)(C)C(C)(C)O3)c(F)c21. The molecular formula is C23H39BFNO2Si. The molecule has 0 atom stereocenters. The average molecular weight is 419 g/mol.